The van der Waals surface area contributed by atoms with Crippen LogP contribution >= 0.6 is 0 Å². The number of hydrogen-bond acceptors (Lipinski definition) is 6. The molecule has 1 aliphatic rings. The van der Waals surface area contributed by atoms with E-state index in [0.29, 0.717) is 18.7 Å². The number of aliphatic hydroxyl groups excluding tert-OH is 2. The number of carboxylic acid groups (broad SMARTS) is 2. The Morgan fingerprint density at radius 3 is 1.96 bits per heavy atom. The number of carboxylic acids is 2. The van der Waals surface area contributed by atoms with Gasteiger partial charge in [0.25, 0.3) is 0 Å². The number of β-amino-alcohol motifs (C(OH)–C–C–N with tert-alkyl or cyclic N) is 1. The number of aliphatic carboxylic acids is 2. The van der Waals surface area contributed by atoms with Crippen LogP contribution in [0.4, 0.5) is 5.69 Å². The van der Waals surface area contributed by atoms with Gasteiger partial charge >= 0.3 is 11.9 Å². The Kier molecular flexibility index (Phi) is 9.23. The van der Waals surface area contributed by atoms with Gasteiger partial charge in [-0.1, -0.05) is 18.2 Å². The average Bonchev–Trinajstić information content (AvgIpc) is 2.62. The number of hydrogen-bond donors (Lipinski definition) is 4. The molecule has 1 aromatic carbocycles. The quantitative estimate of drug-likeness (QED) is 0.523. The Labute approximate surface area is 146 Å². The Hall–Kier alpha value is -2.42. The van der Waals surface area contributed by atoms with Crippen LogP contribution in [0.1, 0.15) is 0 Å². The van der Waals surface area contributed by atoms with Gasteiger partial charge in [-0.2, -0.15) is 0 Å². The predicted octanol–water partition coefficient (Wildman–Crippen LogP) is -0.126. The van der Waals surface area contributed by atoms with Gasteiger partial charge in [0, 0.05) is 50.6 Å². The number of benzene rings is 1. The SMILES string of the molecule is O=C(O)/C=C/C(=O)O.OC[C@H](O)CN1CCN(c2ccccc2)CC1. The van der Waals surface area contributed by atoms with Crippen molar-refractivity contribution in [3.8, 4) is 0 Å². The molecule has 1 heterocycles. The summed E-state index contributed by atoms with van der Waals surface area (Å²) in [5.41, 5.74) is 1.26. The molecule has 0 amide bonds. The predicted molar refractivity (Wildman–Crippen MR) is 92.6 cm³/mol. The number of rotatable bonds is 6. The zero-order chi connectivity index (χ0) is 18.7. The fourth-order valence-electron chi connectivity index (χ4n) is 2.33. The van der Waals surface area contributed by atoms with Crippen molar-refractivity contribution in [1.82, 2.24) is 4.90 Å². The summed E-state index contributed by atoms with van der Waals surface area (Å²) >= 11 is 0. The summed E-state index contributed by atoms with van der Waals surface area (Å²) in [5.74, 6) is -2.51. The van der Waals surface area contributed by atoms with Crippen LogP contribution in [0.3, 0.4) is 0 Å². The van der Waals surface area contributed by atoms with Crippen molar-refractivity contribution >= 4 is 17.6 Å². The first-order valence-corrected chi connectivity index (χ1v) is 7.87. The van der Waals surface area contributed by atoms with E-state index in [4.69, 9.17) is 15.3 Å². The summed E-state index contributed by atoms with van der Waals surface area (Å²) in [5, 5.41) is 33.8. The molecule has 0 bridgehead atoms. The first-order chi connectivity index (χ1) is 11.9. The number of aliphatic hydroxyl groups is 2. The largest absolute Gasteiger partial charge is 0.478 e. The number of carbonyl (C=O) groups is 2. The highest BCUT2D eigenvalue weighted by molar-refractivity contribution is 5.89. The number of piperazine rings is 1. The third kappa shape index (κ3) is 8.85. The number of anilines is 1. The molecule has 0 aromatic heterocycles. The van der Waals surface area contributed by atoms with Gasteiger partial charge < -0.3 is 25.3 Å². The van der Waals surface area contributed by atoms with Crippen molar-refractivity contribution in [3.63, 3.8) is 0 Å². The Morgan fingerprint density at radius 2 is 1.52 bits per heavy atom. The van der Waals surface area contributed by atoms with Crippen LogP contribution in [0, 0.1) is 0 Å². The lowest BCUT2D eigenvalue weighted by Crippen LogP contribution is -2.49. The van der Waals surface area contributed by atoms with Crippen LogP contribution in [0.5, 0.6) is 0 Å². The van der Waals surface area contributed by atoms with Crippen LogP contribution < -0.4 is 4.90 Å². The van der Waals surface area contributed by atoms with E-state index < -0.39 is 18.0 Å². The van der Waals surface area contributed by atoms with Crippen LogP contribution in [0.2, 0.25) is 0 Å². The fraction of sp³-hybridized carbons (Fsp3) is 0.412. The molecule has 1 saturated heterocycles. The summed E-state index contributed by atoms with van der Waals surface area (Å²) in [6.45, 7) is 4.24. The topological polar surface area (TPSA) is 122 Å². The molecule has 0 spiro atoms. The second-order valence-electron chi connectivity index (χ2n) is 5.47. The third-order valence-corrected chi connectivity index (χ3v) is 3.54. The minimum Gasteiger partial charge on any atom is -0.478 e. The molecule has 0 unspecified atom stereocenters. The van der Waals surface area contributed by atoms with Gasteiger partial charge in [0.15, 0.2) is 0 Å². The van der Waals surface area contributed by atoms with Crippen LogP contribution in [0.15, 0.2) is 42.5 Å². The van der Waals surface area contributed by atoms with Crippen molar-refractivity contribution in [3.05, 3.63) is 42.5 Å². The highest BCUT2D eigenvalue weighted by atomic mass is 16.4. The lowest BCUT2D eigenvalue weighted by atomic mass is 10.2. The summed E-state index contributed by atoms with van der Waals surface area (Å²) in [7, 11) is 0. The van der Waals surface area contributed by atoms with E-state index in [1.807, 2.05) is 6.07 Å². The van der Waals surface area contributed by atoms with Crippen molar-refractivity contribution in [2.24, 2.45) is 0 Å². The smallest absolute Gasteiger partial charge is 0.328 e. The molecule has 2 rings (SSSR count). The molecule has 1 aliphatic heterocycles. The molecule has 25 heavy (non-hydrogen) atoms. The van der Waals surface area contributed by atoms with Gasteiger partial charge in [-0.15, -0.1) is 0 Å². The Bertz CT molecular complexity index is 540. The maximum atomic E-state index is 9.55. The van der Waals surface area contributed by atoms with Crippen molar-refractivity contribution in [2.45, 2.75) is 6.10 Å². The fourth-order valence-corrected chi connectivity index (χ4v) is 2.33. The van der Waals surface area contributed by atoms with Gasteiger partial charge in [-0.25, -0.2) is 9.59 Å². The molecule has 1 fully saturated rings. The molecule has 138 valence electrons. The summed E-state index contributed by atoms with van der Waals surface area (Å²) in [4.78, 5) is 23.7. The highest BCUT2D eigenvalue weighted by Crippen LogP contribution is 2.15. The second kappa shape index (κ2) is 11.2. The van der Waals surface area contributed by atoms with Crippen LogP contribution in [0.25, 0.3) is 0 Å². The van der Waals surface area contributed by atoms with Crippen molar-refractivity contribution in [2.75, 3.05) is 44.2 Å². The van der Waals surface area contributed by atoms with Gasteiger partial charge in [-0.3, -0.25) is 4.90 Å². The molecular formula is C17H24N2O6. The highest BCUT2D eigenvalue weighted by Gasteiger charge is 2.18. The Balaban J connectivity index is 0.000000333. The summed E-state index contributed by atoms with van der Waals surface area (Å²) in [6.07, 6.45) is 0.503. The zero-order valence-electron chi connectivity index (χ0n) is 13.9. The van der Waals surface area contributed by atoms with E-state index in [-0.39, 0.29) is 6.61 Å². The maximum Gasteiger partial charge on any atom is 0.328 e. The van der Waals surface area contributed by atoms with Gasteiger partial charge in [0.2, 0.25) is 0 Å². The molecule has 0 saturated carbocycles. The first kappa shape index (κ1) is 20.6. The minimum absolute atomic E-state index is 0.154. The zero-order valence-corrected chi connectivity index (χ0v) is 13.9. The van der Waals surface area contributed by atoms with E-state index in [1.165, 1.54) is 5.69 Å². The van der Waals surface area contributed by atoms with Gasteiger partial charge in [-0.05, 0) is 12.1 Å². The second-order valence-corrected chi connectivity index (χ2v) is 5.47. The first-order valence-electron chi connectivity index (χ1n) is 7.87. The molecular weight excluding hydrogens is 328 g/mol. The Morgan fingerprint density at radius 1 is 1.00 bits per heavy atom. The molecule has 1 atom stereocenters. The van der Waals surface area contributed by atoms with Gasteiger partial charge in [0.05, 0.1) is 12.7 Å². The van der Waals surface area contributed by atoms with E-state index in [0.717, 1.165) is 26.2 Å². The number of para-hydroxylation sites is 1. The summed E-state index contributed by atoms with van der Waals surface area (Å²) < 4.78 is 0. The summed E-state index contributed by atoms with van der Waals surface area (Å²) in [6, 6.07) is 10.4. The standard InChI is InChI=1S/C13H20N2O2.C4H4O4/c16-11-13(17)10-14-6-8-15(9-7-14)12-4-2-1-3-5-12;5-3(6)1-2-4(7)8/h1-5,13,16-17H,6-11H2;1-2H,(H,5,6)(H,7,8)/b;2-1+/t13-;/m1./s1. The van der Waals surface area contributed by atoms with Gasteiger partial charge in [0.1, 0.15) is 0 Å². The van der Waals surface area contributed by atoms with Crippen LogP contribution in [-0.2, 0) is 9.59 Å². The van der Waals surface area contributed by atoms with E-state index in [9.17, 15) is 14.7 Å². The monoisotopic (exact) mass is 352 g/mol. The maximum absolute atomic E-state index is 9.55. The number of nitrogens with zero attached hydrogens (tertiary/aromatic N) is 2. The molecule has 8 heteroatoms. The van der Waals surface area contributed by atoms with E-state index >= 15 is 0 Å². The van der Waals surface area contributed by atoms with Crippen LogP contribution in [-0.4, -0.2) is 82.7 Å². The molecule has 0 radical (unpaired) electrons. The van der Waals surface area contributed by atoms with Crippen molar-refractivity contribution < 1.29 is 30.0 Å². The normalized spacial score (nSPS) is 16.2. The van der Waals surface area contributed by atoms with Crippen molar-refractivity contribution in [1.29, 1.82) is 0 Å². The molecule has 0 aliphatic carbocycles. The molecule has 8 nitrogen and oxygen atoms in total. The third-order valence-electron chi connectivity index (χ3n) is 3.54. The average molecular weight is 352 g/mol. The lowest BCUT2D eigenvalue weighted by Gasteiger charge is -2.36. The molecule has 1 aromatic rings. The molecule has 4 N–H and O–H groups in total. The van der Waals surface area contributed by atoms with E-state index in [1.54, 1.807) is 0 Å². The lowest BCUT2D eigenvalue weighted by molar-refractivity contribution is -0.134. The van der Waals surface area contributed by atoms with E-state index in [2.05, 4.69) is 34.1 Å². The minimum atomic E-state index is -1.26.